The standard InChI is InChI=1S/C24H29N5O2/c1-15-8-10-28(11-9-15)14-20-23(26-22-7-5-18(25)13-29(20)22)17-4-6-21-19(12-17)27(3)24(30)16(2)31-21/h4-7,12-13,15-16H,8-11,14,25H2,1-3H3. The molecule has 5 rings (SSSR count). The Morgan fingerprint density at radius 1 is 1.16 bits per heavy atom. The van der Waals surface area contributed by atoms with Gasteiger partial charge in [0.1, 0.15) is 11.4 Å². The summed E-state index contributed by atoms with van der Waals surface area (Å²) in [5, 5.41) is 0. The number of ether oxygens (including phenoxy) is 1. The molecule has 0 aliphatic carbocycles. The third-order valence-electron chi connectivity index (χ3n) is 6.57. The number of carbonyl (C=O) groups excluding carboxylic acids is 1. The average molecular weight is 420 g/mol. The number of fused-ring (bicyclic) bond motifs is 2. The SMILES string of the molecule is CC1CCN(Cc2c(-c3ccc4c(c3)N(C)C(=O)C(C)O4)nc3ccc(N)cn23)CC1. The zero-order valence-electron chi connectivity index (χ0n) is 18.3. The number of hydrogen-bond acceptors (Lipinski definition) is 5. The number of carbonyl (C=O) groups is 1. The average Bonchev–Trinajstić information content (AvgIpc) is 3.11. The normalized spacial score (nSPS) is 20.2. The summed E-state index contributed by atoms with van der Waals surface area (Å²) in [6.07, 6.45) is 3.91. The Labute approximate surface area is 182 Å². The molecule has 4 heterocycles. The number of hydrogen-bond donors (Lipinski definition) is 1. The van der Waals surface area contributed by atoms with Crippen molar-refractivity contribution in [3.63, 3.8) is 0 Å². The highest BCUT2D eigenvalue weighted by Gasteiger charge is 2.30. The number of likely N-dealkylation sites (N-methyl/N-ethyl adjacent to an activating group) is 1. The molecule has 2 aromatic heterocycles. The minimum atomic E-state index is -0.474. The van der Waals surface area contributed by atoms with E-state index in [9.17, 15) is 4.79 Å². The zero-order chi connectivity index (χ0) is 21.7. The molecule has 1 unspecified atom stereocenters. The molecule has 2 N–H and O–H groups in total. The van der Waals surface area contributed by atoms with Crippen molar-refractivity contribution >= 4 is 22.9 Å². The molecule has 1 fully saturated rings. The van der Waals surface area contributed by atoms with Crippen molar-refractivity contribution in [2.45, 2.75) is 39.3 Å². The Kier molecular flexibility index (Phi) is 4.85. The van der Waals surface area contributed by atoms with Crippen LogP contribution in [-0.4, -0.2) is 46.4 Å². The van der Waals surface area contributed by atoms with Crippen LogP contribution in [0.2, 0.25) is 0 Å². The fourth-order valence-corrected chi connectivity index (χ4v) is 4.58. The van der Waals surface area contributed by atoms with Crippen LogP contribution in [0.15, 0.2) is 36.5 Å². The van der Waals surface area contributed by atoms with E-state index in [1.165, 1.54) is 12.8 Å². The number of pyridine rings is 1. The summed E-state index contributed by atoms with van der Waals surface area (Å²) in [7, 11) is 1.80. The molecular weight excluding hydrogens is 390 g/mol. The summed E-state index contributed by atoms with van der Waals surface area (Å²) in [4.78, 5) is 21.5. The third kappa shape index (κ3) is 3.53. The first kappa shape index (κ1) is 19.9. The summed E-state index contributed by atoms with van der Waals surface area (Å²) in [5.74, 6) is 1.46. The zero-order valence-corrected chi connectivity index (χ0v) is 18.3. The number of piperidine rings is 1. The molecule has 2 aliphatic heterocycles. The second-order valence-corrected chi connectivity index (χ2v) is 8.90. The Morgan fingerprint density at radius 2 is 1.94 bits per heavy atom. The van der Waals surface area contributed by atoms with Gasteiger partial charge >= 0.3 is 0 Å². The molecule has 0 saturated carbocycles. The lowest BCUT2D eigenvalue weighted by Crippen LogP contribution is -2.41. The van der Waals surface area contributed by atoms with Crippen LogP contribution in [0.5, 0.6) is 5.75 Å². The monoisotopic (exact) mass is 419 g/mol. The number of anilines is 2. The van der Waals surface area contributed by atoms with Gasteiger partial charge in [0, 0.05) is 31.0 Å². The molecule has 162 valence electrons. The van der Waals surface area contributed by atoms with Gasteiger partial charge in [0.15, 0.2) is 6.10 Å². The van der Waals surface area contributed by atoms with Crippen LogP contribution in [0.25, 0.3) is 16.9 Å². The molecule has 7 nitrogen and oxygen atoms in total. The fraction of sp³-hybridized carbons (Fsp3) is 0.417. The predicted octanol–water partition coefficient (Wildman–Crippen LogP) is 3.56. The van der Waals surface area contributed by atoms with Gasteiger partial charge < -0.3 is 19.8 Å². The summed E-state index contributed by atoms with van der Waals surface area (Å²) >= 11 is 0. The first-order valence-electron chi connectivity index (χ1n) is 11.0. The lowest BCUT2D eigenvalue weighted by Gasteiger charge is -2.31. The van der Waals surface area contributed by atoms with Crippen LogP contribution in [0.4, 0.5) is 11.4 Å². The van der Waals surface area contributed by atoms with E-state index >= 15 is 0 Å². The number of nitrogens with two attached hydrogens (primary N) is 1. The predicted molar refractivity (Wildman–Crippen MR) is 122 cm³/mol. The molecule has 7 heteroatoms. The van der Waals surface area contributed by atoms with Crippen LogP contribution >= 0.6 is 0 Å². The van der Waals surface area contributed by atoms with Crippen LogP contribution in [0, 0.1) is 5.92 Å². The summed E-state index contributed by atoms with van der Waals surface area (Å²) < 4.78 is 7.91. The maximum absolute atomic E-state index is 12.4. The van der Waals surface area contributed by atoms with Gasteiger partial charge in [-0.1, -0.05) is 6.92 Å². The van der Waals surface area contributed by atoms with E-state index in [0.717, 1.165) is 59.6 Å². The number of aromatic nitrogens is 2. The summed E-state index contributed by atoms with van der Waals surface area (Å²) in [6.45, 7) is 7.09. The van der Waals surface area contributed by atoms with Crippen molar-refractivity contribution in [3.8, 4) is 17.0 Å². The lowest BCUT2D eigenvalue weighted by molar-refractivity contribution is -0.125. The van der Waals surface area contributed by atoms with Gasteiger partial charge in [-0.15, -0.1) is 0 Å². The molecule has 1 aromatic carbocycles. The molecule has 1 amide bonds. The number of nitrogens with zero attached hydrogens (tertiary/aromatic N) is 4. The van der Waals surface area contributed by atoms with Gasteiger partial charge in [0.25, 0.3) is 5.91 Å². The van der Waals surface area contributed by atoms with E-state index in [0.29, 0.717) is 5.69 Å². The van der Waals surface area contributed by atoms with E-state index in [1.54, 1.807) is 18.9 Å². The Balaban J connectivity index is 1.59. The van der Waals surface area contributed by atoms with Crippen molar-refractivity contribution in [1.82, 2.24) is 14.3 Å². The van der Waals surface area contributed by atoms with Crippen molar-refractivity contribution in [3.05, 3.63) is 42.2 Å². The number of imidazole rings is 1. The maximum Gasteiger partial charge on any atom is 0.267 e. The molecule has 1 atom stereocenters. The Bertz CT molecular complexity index is 1150. The fourth-order valence-electron chi connectivity index (χ4n) is 4.58. The van der Waals surface area contributed by atoms with Crippen LogP contribution in [0.3, 0.4) is 0 Å². The molecular formula is C24H29N5O2. The van der Waals surface area contributed by atoms with E-state index in [2.05, 4.69) is 16.2 Å². The van der Waals surface area contributed by atoms with Gasteiger partial charge in [0.2, 0.25) is 0 Å². The summed E-state index contributed by atoms with van der Waals surface area (Å²) in [5.41, 5.74) is 11.5. The topological polar surface area (TPSA) is 76.1 Å². The molecule has 1 saturated heterocycles. The first-order chi connectivity index (χ1) is 14.9. The van der Waals surface area contributed by atoms with Crippen molar-refractivity contribution in [2.24, 2.45) is 5.92 Å². The third-order valence-corrected chi connectivity index (χ3v) is 6.57. The van der Waals surface area contributed by atoms with Crippen LogP contribution < -0.4 is 15.4 Å². The smallest absolute Gasteiger partial charge is 0.267 e. The first-order valence-corrected chi connectivity index (χ1v) is 11.0. The van der Waals surface area contributed by atoms with Crippen molar-refractivity contribution in [2.75, 3.05) is 30.8 Å². The summed E-state index contributed by atoms with van der Waals surface area (Å²) in [6, 6.07) is 9.81. The minimum absolute atomic E-state index is 0.0462. The minimum Gasteiger partial charge on any atom is -0.479 e. The van der Waals surface area contributed by atoms with Crippen LogP contribution in [-0.2, 0) is 11.3 Å². The van der Waals surface area contributed by atoms with E-state index in [-0.39, 0.29) is 5.91 Å². The van der Waals surface area contributed by atoms with E-state index < -0.39 is 6.10 Å². The highest BCUT2D eigenvalue weighted by atomic mass is 16.5. The van der Waals surface area contributed by atoms with Gasteiger partial charge in [0.05, 0.1) is 17.1 Å². The highest BCUT2D eigenvalue weighted by Crippen LogP contribution is 2.38. The van der Waals surface area contributed by atoms with Crippen LogP contribution in [0.1, 0.15) is 32.4 Å². The number of benzene rings is 1. The second kappa shape index (κ2) is 7.57. The molecule has 2 aliphatic rings. The van der Waals surface area contributed by atoms with Gasteiger partial charge in [-0.05, 0) is 69.1 Å². The quantitative estimate of drug-likeness (QED) is 0.703. The van der Waals surface area contributed by atoms with Gasteiger partial charge in [-0.25, -0.2) is 4.98 Å². The number of rotatable bonds is 3. The molecule has 31 heavy (non-hydrogen) atoms. The molecule has 0 spiro atoms. The second-order valence-electron chi connectivity index (χ2n) is 8.90. The largest absolute Gasteiger partial charge is 0.479 e. The molecule has 0 radical (unpaired) electrons. The number of amides is 1. The van der Waals surface area contributed by atoms with Crippen molar-refractivity contribution < 1.29 is 9.53 Å². The highest BCUT2D eigenvalue weighted by molar-refractivity contribution is 6.00. The van der Waals surface area contributed by atoms with Crippen molar-refractivity contribution in [1.29, 1.82) is 0 Å². The number of likely N-dealkylation sites (tertiary alicyclic amines) is 1. The Morgan fingerprint density at radius 3 is 2.71 bits per heavy atom. The Hall–Kier alpha value is -3.06. The maximum atomic E-state index is 12.4. The van der Waals surface area contributed by atoms with Gasteiger partial charge in [-0.2, -0.15) is 0 Å². The van der Waals surface area contributed by atoms with E-state index in [1.807, 2.05) is 36.5 Å². The molecule has 3 aromatic rings. The van der Waals surface area contributed by atoms with Gasteiger partial charge in [-0.3, -0.25) is 9.69 Å². The lowest BCUT2D eigenvalue weighted by atomic mass is 9.99. The number of nitrogen functional groups attached to an aromatic ring is 1. The van der Waals surface area contributed by atoms with E-state index in [4.69, 9.17) is 15.5 Å². The molecule has 0 bridgehead atoms.